The van der Waals surface area contributed by atoms with Gasteiger partial charge in [0.05, 0.1) is 0 Å². The Hall–Kier alpha value is -4.07. The molecule has 0 atom stereocenters. The third-order valence-electron chi connectivity index (χ3n) is 7.15. The van der Waals surface area contributed by atoms with E-state index in [1.807, 2.05) is 32.1 Å². The lowest BCUT2D eigenvalue weighted by Crippen LogP contribution is -2.26. The molecule has 1 fully saturated rings. The largest absolute Gasteiger partial charge is 0.573 e. The van der Waals surface area contributed by atoms with Crippen LogP contribution in [0, 0.1) is 0 Å². The second kappa shape index (κ2) is 25.0. The number of aromatic nitrogens is 2. The number of piperidine rings is 1. The van der Waals surface area contributed by atoms with Crippen LogP contribution in [-0.4, -0.2) is 56.8 Å². The number of ether oxygens (including phenoxy) is 1. The van der Waals surface area contributed by atoms with Gasteiger partial charge in [-0.25, -0.2) is 0 Å². The molecule has 13 heteroatoms. The second-order valence-corrected chi connectivity index (χ2v) is 11.5. The van der Waals surface area contributed by atoms with Crippen molar-refractivity contribution in [3.63, 3.8) is 0 Å². The van der Waals surface area contributed by atoms with Gasteiger partial charge in [0.2, 0.25) is 5.13 Å². The number of carbonyl (C=O) groups is 2. The topological polar surface area (TPSA) is 145 Å². The SMILES string of the molecule is C=O.CN.CNc1nnc(CCCCC(/C=C\CCc2cccc(OC(F)(F)F)c2)=C/N)s1.O=CCc1cccc(C2CCNCC2)c1. The number of aldehydes is 1. The van der Waals surface area contributed by atoms with Crippen LogP contribution in [0.4, 0.5) is 18.3 Å². The molecule has 0 saturated carbocycles. The van der Waals surface area contributed by atoms with E-state index in [-0.39, 0.29) is 5.75 Å². The molecule has 1 aromatic heterocycles. The summed E-state index contributed by atoms with van der Waals surface area (Å²) in [5.74, 6) is 0.483. The lowest BCUT2D eigenvalue weighted by molar-refractivity contribution is -0.274. The molecule has 48 heavy (non-hydrogen) atoms. The van der Waals surface area contributed by atoms with Gasteiger partial charge in [-0.2, -0.15) is 0 Å². The minimum atomic E-state index is -4.68. The molecule has 0 spiro atoms. The Morgan fingerprint density at radius 1 is 1.06 bits per heavy atom. The Labute approximate surface area is 286 Å². The molecule has 0 unspecified atom stereocenters. The maximum absolute atomic E-state index is 12.3. The van der Waals surface area contributed by atoms with Crippen LogP contribution in [-0.2, 0) is 28.9 Å². The summed E-state index contributed by atoms with van der Waals surface area (Å²) in [6.45, 7) is 4.23. The van der Waals surface area contributed by atoms with Gasteiger partial charge in [0.15, 0.2) is 0 Å². The van der Waals surface area contributed by atoms with E-state index >= 15 is 0 Å². The number of hydrogen-bond donors (Lipinski definition) is 4. The van der Waals surface area contributed by atoms with Gasteiger partial charge >= 0.3 is 6.36 Å². The minimum Gasteiger partial charge on any atom is -0.406 e. The normalized spacial score (nSPS) is 13.2. The average Bonchev–Trinajstić information content (AvgIpc) is 3.58. The first-order chi connectivity index (χ1) is 23.3. The summed E-state index contributed by atoms with van der Waals surface area (Å²) in [5, 5.41) is 16.3. The number of nitrogens with one attached hydrogen (secondary N) is 2. The Kier molecular flexibility index (Phi) is 21.9. The third kappa shape index (κ3) is 17.7. The van der Waals surface area contributed by atoms with E-state index < -0.39 is 6.36 Å². The van der Waals surface area contributed by atoms with Gasteiger partial charge < -0.3 is 36.4 Å². The van der Waals surface area contributed by atoms with Crippen molar-refractivity contribution in [3.8, 4) is 5.75 Å². The van der Waals surface area contributed by atoms with Crippen LogP contribution in [0.25, 0.3) is 0 Å². The van der Waals surface area contributed by atoms with Crippen LogP contribution in [0.3, 0.4) is 0 Å². The average molecular weight is 691 g/mol. The summed E-state index contributed by atoms with van der Waals surface area (Å²) < 4.78 is 40.8. The van der Waals surface area contributed by atoms with E-state index in [1.54, 1.807) is 29.7 Å². The van der Waals surface area contributed by atoms with Crippen molar-refractivity contribution in [2.75, 3.05) is 32.5 Å². The van der Waals surface area contributed by atoms with Crippen LogP contribution in [0.5, 0.6) is 5.75 Å². The van der Waals surface area contributed by atoms with Crippen LogP contribution >= 0.6 is 11.3 Å². The number of rotatable bonds is 14. The van der Waals surface area contributed by atoms with Crippen LogP contribution in [0.15, 0.2) is 72.5 Å². The van der Waals surface area contributed by atoms with Gasteiger partial charge in [0.25, 0.3) is 0 Å². The van der Waals surface area contributed by atoms with E-state index in [4.69, 9.17) is 10.5 Å². The number of allylic oxidation sites excluding steroid dienone is 3. The number of nitrogens with zero attached hydrogens (tertiary/aromatic N) is 2. The summed E-state index contributed by atoms with van der Waals surface area (Å²) in [4.78, 5) is 18.5. The van der Waals surface area contributed by atoms with Gasteiger partial charge in [0, 0.05) is 19.9 Å². The van der Waals surface area contributed by atoms with Crippen molar-refractivity contribution < 1.29 is 27.5 Å². The number of nitrogens with two attached hydrogens (primary N) is 2. The first kappa shape index (κ1) is 42.0. The summed E-state index contributed by atoms with van der Waals surface area (Å²) in [5.41, 5.74) is 14.6. The highest BCUT2D eigenvalue weighted by atomic mass is 32.1. The molecule has 264 valence electrons. The quantitative estimate of drug-likeness (QED) is 0.0845. The highest BCUT2D eigenvalue weighted by Crippen LogP contribution is 2.26. The lowest BCUT2D eigenvalue weighted by atomic mass is 9.89. The number of unbranched alkanes of at least 4 members (excludes halogenated alkanes) is 1. The molecule has 9 nitrogen and oxygen atoms in total. The van der Waals surface area contributed by atoms with Crippen molar-refractivity contribution in [1.29, 1.82) is 0 Å². The van der Waals surface area contributed by atoms with Gasteiger partial charge in [-0.3, -0.25) is 0 Å². The van der Waals surface area contributed by atoms with Crippen molar-refractivity contribution in [2.24, 2.45) is 11.5 Å². The fourth-order valence-electron chi connectivity index (χ4n) is 4.89. The summed E-state index contributed by atoms with van der Waals surface area (Å²) in [6.07, 6.45) is 9.86. The van der Waals surface area contributed by atoms with Crippen molar-refractivity contribution in [2.45, 2.75) is 70.1 Å². The summed E-state index contributed by atoms with van der Waals surface area (Å²) >= 11 is 1.56. The Morgan fingerprint density at radius 3 is 2.42 bits per heavy atom. The van der Waals surface area contributed by atoms with Gasteiger partial charge in [0.1, 0.15) is 23.8 Å². The maximum atomic E-state index is 12.3. The van der Waals surface area contributed by atoms with Crippen molar-refractivity contribution in [1.82, 2.24) is 15.5 Å². The minimum absolute atomic E-state index is 0.196. The van der Waals surface area contributed by atoms with E-state index in [0.29, 0.717) is 25.2 Å². The molecule has 1 aliphatic heterocycles. The molecule has 1 aliphatic rings. The number of benzene rings is 2. The molecule has 3 aromatic rings. The number of anilines is 1. The highest BCUT2D eigenvalue weighted by Gasteiger charge is 2.31. The van der Waals surface area contributed by atoms with E-state index in [9.17, 15) is 18.0 Å². The molecule has 0 radical (unpaired) electrons. The zero-order valence-corrected chi connectivity index (χ0v) is 28.6. The number of halogens is 3. The van der Waals surface area contributed by atoms with Gasteiger partial charge in [-0.15, -0.1) is 23.4 Å². The molecule has 2 aromatic carbocycles. The van der Waals surface area contributed by atoms with E-state index in [1.165, 1.54) is 37.6 Å². The highest BCUT2D eigenvalue weighted by molar-refractivity contribution is 7.15. The zero-order chi connectivity index (χ0) is 35.6. The smallest absolute Gasteiger partial charge is 0.406 e. The van der Waals surface area contributed by atoms with Crippen molar-refractivity contribution >= 4 is 29.5 Å². The Morgan fingerprint density at radius 2 is 1.77 bits per heavy atom. The summed E-state index contributed by atoms with van der Waals surface area (Å²) in [7, 11) is 3.32. The molecule has 2 heterocycles. The van der Waals surface area contributed by atoms with Gasteiger partial charge in [-0.1, -0.05) is 59.9 Å². The standard InChI is InChI=1S/C20H25F3N4OS.C13H17NO.CH5N.CH2O/c1-25-19-27-26-18(29-19)12-5-4-9-16(14-24)8-3-2-7-15-10-6-11-17(13-15)28-20(21,22)23;15-9-6-11-2-1-3-13(10-11)12-4-7-14-8-5-12;2*1-2/h3,6,8,10-11,13-14H,2,4-5,7,9,12,24H2,1H3,(H,25,27);1-3,9-10,12,14H,4-8H2;2H2,1H3;1H2/b8-3-,16-14+;;;. The van der Waals surface area contributed by atoms with Crippen LogP contribution in [0.1, 0.15) is 66.1 Å². The first-order valence-electron chi connectivity index (χ1n) is 15.8. The molecular weight excluding hydrogens is 641 g/mol. The fourth-order valence-corrected chi connectivity index (χ4v) is 5.63. The molecule has 0 bridgehead atoms. The number of aryl methyl sites for hydroxylation is 2. The Balaban J connectivity index is 0.000000506. The zero-order valence-electron chi connectivity index (χ0n) is 27.8. The molecular formula is C35H49F3N6O3S. The molecule has 4 rings (SSSR count). The first-order valence-corrected chi connectivity index (χ1v) is 16.6. The van der Waals surface area contributed by atoms with Crippen LogP contribution in [0.2, 0.25) is 0 Å². The lowest BCUT2D eigenvalue weighted by Gasteiger charge is -2.23. The number of carbonyl (C=O) groups excluding carboxylic acids is 2. The predicted octanol–water partition coefficient (Wildman–Crippen LogP) is 6.51. The van der Waals surface area contributed by atoms with Crippen LogP contribution < -0.4 is 26.8 Å². The fraction of sp³-hybridized carbons (Fsp3) is 0.429. The monoisotopic (exact) mass is 690 g/mol. The third-order valence-corrected chi connectivity index (χ3v) is 8.15. The predicted molar refractivity (Wildman–Crippen MR) is 188 cm³/mol. The molecule has 0 amide bonds. The van der Waals surface area contributed by atoms with Crippen molar-refractivity contribution in [3.05, 3.63) is 94.2 Å². The maximum Gasteiger partial charge on any atom is 0.573 e. The molecule has 6 N–H and O–H groups in total. The number of hydrogen-bond acceptors (Lipinski definition) is 10. The molecule has 0 aliphatic carbocycles. The number of alkyl halides is 3. The van der Waals surface area contributed by atoms with E-state index in [0.717, 1.165) is 71.9 Å². The Bertz CT molecular complexity index is 1360. The second-order valence-electron chi connectivity index (χ2n) is 10.5. The van der Waals surface area contributed by atoms with Gasteiger partial charge in [-0.05, 0) is 112 Å². The summed E-state index contributed by atoms with van der Waals surface area (Å²) in [6, 6.07) is 14.5. The van der Waals surface area contributed by atoms with E-state index in [2.05, 4.69) is 49.5 Å². The molecule has 1 saturated heterocycles.